The van der Waals surface area contributed by atoms with Gasteiger partial charge in [0.05, 0.1) is 34.6 Å². The van der Waals surface area contributed by atoms with Gasteiger partial charge in [-0.3, -0.25) is 10.1 Å². The average Bonchev–Trinajstić information content (AvgIpc) is 3.40. The Morgan fingerprint density at radius 2 is 1.94 bits per heavy atom. The Balaban J connectivity index is 1.50. The van der Waals surface area contributed by atoms with E-state index in [4.69, 9.17) is 4.74 Å². The second-order valence-electron chi connectivity index (χ2n) is 8.25. The van der Waals surface area contributed by atoms with E-state index in [0.29, 0.717) is 13.2 Å². The number of nitro groups is 1. The molecule has 2 aliphatic rings. The van der Waals surface area contributed by atoms with Gasteiger partial charge in [0.2, 0.25) is 4.80 Å². The van der Waals surface area contributed by atoms with Gasteiger partial charge in [-0.1, -0.05) is 35.6 Å². The molecule has 0 unspecified atom stereocenters. The second kappa shape index (κ2) is 9.74. The van der Waals surface area contributed by atoms with E-state index in [1.807, 2.05) is 31.5 Å². The molecular formula is C25H25N5O3S. The van der Waals surface area contributed by atoms with Crippen molar-refractivity contribution in [3.05, 3.63) is 85.9 Å². The fourth-order valence-electron chi connectivity index (χ4n) is 4.43. The molecular weight excluding hydrogens is 450 g/mol. The van der Waals surface area contributed by atoms with Crippen molar-refractivity contribution in [1.29, 1.82) is 0 Å². The van der Waals surface area contributed by atoms with Crippen molar-refractivity contribution in [1.82, 2.24) is 9.47 Å². The lowest BCUT2D eigenvalue weighted by Crippen LogP contribution is -2.36. The van der Waals surface area contributed by atoms with Gasteiger partial charge in [-0.2, -0.15) is 5.10 Å². The highest BCUT2D eigenvalue weighted by atomic mass is 32.1. The number of non-ortho nitro benzene ring substituents is 1. The largest absolute Gasteiger partial charge is 0.378 e. The lowest BCUT2D eigenvalue weighted by molar-refractivity contribution is -0.384. The van der Waals surface area contributed by atoms with Crippen LogP contribution in [0.15, 0.2) is 75.6 Å². The van der Waals surface area contributed by atoms with E-state index in [0.717, 1.165) is 58.7 Å². The zero-order valence-electron chi connectivity index (χ0n) is 18.9. The molecule has 8 nitrogen and oxygen atoms in total. The number of benzene rings is 2. The Hall–Kier alpha value is -3.56. The van der Waals surface area contributed by atoms with Crippen LogP contribution < -0.4 is 4.80 Å². The number of hydrogen-bond donors (Lipinski definition) is 0. The van der Waals surface area contributed by atoms with E-state index >= 15 is 0 Å². The summed E-state index contributed by atoms with van der Waals surface area (Å²) in [6, 6.07) is 15.0. The molecule has 2 aromatic carbocycles. The molecule has 0 saturated carbocycles. The molecule has 1 fully saturated rings. The van der Waals surface area contributed by atoms with Crippen LogP contribution in [0.1, 0.15) is 18.4 Å². The molecule has 1 aliphatic carbocycles. The molecule has 2 heterocycles. The van der Waals surface area contributed by atoms with E-state index in [-0.39, 0.29) is 10.6 Å². The SMILES string of the molecule is Cn1/c(=N\N=C\C2=C(N3CCOCC3)C(=C\c3cccc([N+](=O)[O-])c3)/CC2)sc2ccccc21. The number of aryl methyl sites for hydroxylation is 1. The first-order valence-electron chi connectivity index (χ1n) is 11.2. The highest BCUT2D eigenvalue weighted by Crippen LogP contribution is 2.35. The lowest BCUT2D eigenvalue weighted by Gasteiger charge is -2.31. The average molecular weight is 476 g/mol. The van der Waals surface area contributed by atoms with Crippen molar-refractivity contribution in [3.63, 3.8) is 0 Å². The monoisotopic (exact) mass is 475 g/mol. The van der Waals surface area contributed by atoms with Crippen LogP contribution >= 0.6 is 11.3 Å². The number of rotatable bonds is 5. The van der Waals surface area contributed by atoms with Gasteiger partial charge in [-0.25, -0.2) is 0 Å². The molecule has 0 N–H and O–H groups in total. The number of fused-ring (bicyclic) bond motifs is 1. The van der Waals surface area contributed by atoms with E-state index in [2.05, 4.69) is 37.9 Å². The summed E-state index contributed by atoms with van der Waals surface area (Å²) in [7, 11) is 2.00. The molecule has 9 heteroatoms. The van der Waals surface area contributed by atoms with Crippen LogP contribution in [-0.4, -0.2) is 46.9 Å². The number of morpholine rings is 1. The molecule has 5 rings (SSSR count). The van der Waals surface area contributed by atoms with Crippen molar-refractivity contribution < 1.29 is 9.66 Å². The zero-order valence-corrected chi connectivity index (χ0v) is 19.7. The molecule has 1 aromatic heterocycles. The predicted molar refractivity (Wildman–Crippen MR) is 135 cm³/mol. The van der Waals surface area contributed by atoms with Crippen LogP contribution in [0.3, 0.4) is 0 Å². The molecule has 3 aromatic rings. The first-order chi connectivity index (χ1) is 16.6. The minimum atomic E-state index is -0.358. The minimum Gasteiger partial charge on any atom is -0.378 e. The Morgan fingerprint density at radius 1 is 1.12 bits per heavy atom. The predicted octanol–water partition coefficient (Wildman–Crippen LogP) is 4.50. The summed E-state index contributed by atoms with van der Waals surface area (Å²) >= 11 is 1.61. The van der Waals surface area contributed by atoms with E-state index in [1.165, 1.54) is 10.8 Å². The highest BCUT2D eigenvalue weighted by molar-refractivity contribution is 7.16. The van der Waals surface area contributed by atoms with Gasteiger partial charge >= 0.3 is 0 Å². The summed E-state index contributed by atoms with van der Waals surface area (Å²) < 4.78 is 8.79. The Morgan fingerprint density at radius 3 is 2.74 bits per heavy atom. The molecule has 1 aliphatic heterocycles. The number of thiazole rings is 1. The summed E-state index contributed by atoms with van der Waals surface area (Å²) in [6.45, 7) is 2.97. The van der Waals surface area contributed by atoms with Crippen LogP contribution in [0.25, 0.3) is 16.3 Å². The number of aromatic nitrogens is 1. The van der Waals surface area contributed by atoms with Crippen LogP contribution in [-0.2, 0) is 11.8 Å². The third kappa shape index (κ3) is 4.57. The van der Waals surface area contributed by atoms with Crippen molar-refractivity contribution >= 4 is 39.5 Å². The first kappa shape index (κ1) is 22.2. The maximum Gasteiger partial charge on any atom is 0.270 e. The molecule has 174 valence electrons. The van der Waals surface area contributed by atoms with Crippen LogP contribution in [0.4, 0.5) is 5.69 Å². The third-order valence-corrected chi connectivity index (χ3v) is 7.20. The van der Waals surface area contributed by atoms with E-state index in [1.54, 1.807) is 23.5 Å². The molecule has 0 atom stereocenters. The third-order valence-electron chi connectivity index (χ3n) is 6.09. The molecule has 1 saturated heterocycles. The smallest absolute Gasteiger partial charge is 0.270 e. The van der Waals surface area contributed by atoms with Gasteiger partial charge in [0.25, 0.3) is 5.69 Å². The fraction of sp³-hybridized carbons (Fsp3) is 0.280. The van der Waals surface area contributed by atoms with Crippen molar-refractivity contribution in [2.75, 3.05) is 26.3 Å². The summed E-state index contributed by atoms with van der Waals surface area (Å²) in [4.78, 5) is 14.0. The number of nitro benzene ring substituents is 1. The van der Waals surface area contributed by atoms with Crippen LogP contribution in [0.2, 0.25) is 0 Å². The highest BCUT2D eigenvalue weighted by Gasteiger charge is 2.25. The fourth-order valence-corrected chi connectivity index (χ4v) is 5.40. The molecule has 0 radical (unpaired) electrons. The molecule has 0 amide bonds. The van der Waals surface area contributed by atoms with E-state index in [9.17, 15) is 10.1 Å². The van der Waals surface area contributed by atoms with Crippen LogP contribution in [0.5, 0.6) is 0 Å². The quantitative estimate of drug-likeness (QED) is 0.309. The van der Waals surface area contributed by atoms with Gasteiger partial charge < -0.3 is 14.2 Å². The molecule has 34 heavy (non-hydrogen) atoms. The van der Waals surface area contributed by atoms with Gasteiger partial charge in [-0.15, -0.1) is 5.10 Å². The number of ether oxygens (including phenoxy) is 1. The number of nitrogens with zero attached hydrogens (tertiary/aromatic N) is 5. The van der Waals surface area contributed by atoms with Crippen molar-refractivity contribution in [3.8, 4) is 0 Å². The maximum absolute atomic E-state index is 11.2. The minimum absolute atomic E-state index is 0.0982. The van der Waals surface area contributed by atoms with Gasteiger partial charge in [0.1, 0.15) is 0 Å². The lowest BCUT2D eigenvalue weighted by atomic mass is 10.1. The van der Waals surface area contributed by atoms with Crippen molar-refractivity contribution in [2.24, 2.45) is 17.3 Å². The number of hydrogen-bond acceptors (Lipinski definition) is 7. The summed E-state index contributed by atoms with van der Waals surface area (Å²) in [6.07, 6.45) is 5.63. The van der Waals surface area contributed by atoms with Gasteiger partial charge in [0.15, 0.2) is 0 Å². The number of allylic oxidation sites excluding steroid dienone is 2. The topological polar surface area (TPSA) is 85.3 Å². The summed E-state index contributed by atoms with van der Waals surface area (Å²) in [5.74, 6) is 0. The van der Waals surface area contributed by atoms with Crippen LogP contribution in [0, 0.1) is 10.1 Å². The second-order valence-corrected chi connectivity index (χ2v) is 9.26. The Bertz CT molecular complexity index is 1390. The normalized spacial score (nSPS) is 18.7. The summed E-state index contributed by atoms with van der Waals surface area (Å²) in [5.41, 5.74) is 5.51. The van der Waals surface area contributed by atoms with Crippen molar-refractivity contribution in [2.45, 2.75) is 12.8 Å². The summed E-state index contributed by atoms with van der Waals surface area (Å²) in [5, 5.41) is 20.2. The Kier molecular flexibility index (Phi) is 6.37. The first-order valence-corrected chi connectivity index (χ1v) is 12.0. The zero-order chi connectivity index (χ0) is 23.5. The molecule has 0 spiro atoms. The molecule has 0 bridgehead atoms. The maximum atomic E-state index is 11.2. The van der Waals surface area contributed by atoms with E-state index < -0.39 is 0 Å². The number of para-hydroxylation sites is 1. The van der Waals surface area contributed by atoms with Gasteiger partial charge in [0, 0.05) is 38.0 Å². The Labute approximate surface area is 201 Å². The standard InChI is InChI=1S/C25H25N5O3S/c1-28-22-7-2-3-8-23(22)34-25(28)27-26-17-20-10-9-19(24(20)29-11-13-33-14-12-29)15-18-5-4-6-21(16-18)30(31)32/h2-8,15-17H,9-14H2,1H3/b19-15-,26-17+,27-25+. The van der Waals surface area contributed by atoms with Gasteiger partial charge in [-0.05, 0) is 47.8 Å².